The van der Waals surface area contributed by atoms with E-state index in [1.165, 1.54) is 0 Å². The van der Waals surface area contributed by atoms with E-state index in [1.54, 1.807) is 7.11 Å². The van der Waals surface area contributed by atoms with Crippen LogP contribution in [0.3, 0.4) is 0 Å². The Bertz CT molecular complexity index is 509. The van der Waals surface area contributed by atoms with Gasteiger partial charge in [0.1, 0.15) is 0 Å². The van der Waals surface area contributed by atoms with Gasteiger partial charge in [-0.15, -0.1) is 0 Å². The van der Waals surface area contributed by atoms with E-state index < -0.39 is 0 Å². The first-order chi connectivity index (χ1) is 10.5. The number of nitrogens with zero attached hydrogens (tertiary/aromatic N) is 1. The molecule has 2 rings (SSSR count). The van der Waals surface area contributed by atoms with Crippen LogP contribution in [0.15, 0.2) is 18.2 Å². The lowest BCUT2D eigenvalue weighted by atomic mass is 10.1. The Kier molecular flexibility index (Phi) is 5.66. The lowest BCUT2D eigenvalue weighted by molar-refractivity contribution is -0.133. The number of nitrogens with one attached hydrogen (secondary N) is 1. The fraction of sp³-hybridized carbons (Fsp3) is 0.588. The molecule has 122 valence electrons. The van der Waals surface area contributed by atoms with Gasteiger partial charge in [-0.1, -0.05) is 6.07 Å². The molecule has 1 fully saturated rings. The van der Waals surface area contributed by atoms with Gasteiger partial charge in [-0.3, -0.25) is 4.79 Å². The maximum absolute atomic E-state index is 12.3. The van der Waals surface area contributed by atoms with Gasteiger partial charge in [-0.2, -0.15) is 0 Å². The molecule has 1 aromatic carbocycles. The number of amides is 1. The van der Waals surface area contributed by atoms with Crippen molar-refractivity contribution in [2.75, 3.05) is 26.8 Å². The largest absolute Gasteiger partial charge is 0.493 e. The van der Waals surface area contributed by atoms with Crippen LogP contribution < -0.4 is 14.8 Å². The SMILES string of the molecule is COc1cc(C)ccc1OCCC(=O)N1C[C@@H](C)N[C@@H](C)C1. The minimum absolute atomic E-state index is 0.145. The van der Waals surface area contributed by atoms with E-state index in [0.717, 1.165) is 18.7 Å². The number of aryl methyl sites for hydroxylation is 1. The van der Waals surface area contributed by atoms with E-state index in [0.29, 0.717) is 36.6 Å². The van der Waals surface area contributed by atoms with Gasteiger partial charge < -0.3 is 19.7 Å². The summed E-state index contributed by atoms with van der Waals surface area (Å²) >= 11 is 0. The number of piperazine rings is 1. The summed E-state index contributed by atoms with van der Waals surface area (Å²) < 4.78 is 11.0. The van der Waals surface area contributed by atoms with Gasteiger partial charge in [0.15, 0.2) is 11.5 Å². The number of rotatable bonds is 5. The lowest BCUT2D eigenvalue weighted by Crippen LogP contribution is -2.56. The quantitative estimate of drug-likeness (QED) is 0.904. The van der Waals surface area contributed by atoms with Crippen LogP contribution in [0, 0.1) is 6.92 Å². The van der Waals surface area contributed by atoms with Gasteiger partial charge in [0.25, 0.3) is 0 Å². The topological polar surface area (TPSA) is 50.8 Å². The third kappa shape index (κ3) is 4.37. The van der Waals surface area contributed by atoms with Crippen LogP contribution in [-0.2, 0) is 4.79 Å². The van der Waals surface area contributed by atoms with Gasteiger partial charge in [-0.05, 0) is 38.5 Å². The average Bonchev–Trinajstić information content (AvgIpc) is 2.47. The van der Waals surface area contributed by atoms with Gasteiger partial charge in [0, 0.05) is 25.2 Å². The molecule has 1 N–H and O–H groups in total. The first kappa shape index (κ1) is 16.6. The van der Waals surface area contributed by atoms with Crippen LogP contribution in [0.5, 0.6) is 11.5 Å². The smallest absolute Gasteiger partial charge is 0.226 e. The first-order valence-electron chi connectivity index (χ1n) is 7.81. The second-order valence-corrected chi connectivity index (χ2v) is 6.02. The zero-order chi connectivity index (χ0) is 16.1. The van der Waals surface area contributed by atoms with Crippen molar-refractivity contribution in [2.24, 2.45) is 0 Å². The third-order valence-corrected chi connectivity index (χ3v) is 3.80. The Labute approximate surface area is 132 Å². The third-order valence-electron chi connectivity index (χ3n) is 3.80. The molecule has 0 aliphatic carbocycles. The highest BCUT2D eigenvalue weighted by Crippen LogP contribution is 2.27. The molecule has 0 bridgehead atoms. The van der Waals surface area contributed by atoms with Crippen LogP contribution in [0.4, 0.5) is 0 Å². The minimum Gasteiger partial charge on any atom is -0.493 e. The second-order valence-electron chi connectivity index (χ2n) is 6.02. The second kappa shape index (κ2) is 7.49. The van der Waals surface area contributed by atoms with E-state index in [9.17, 15) is 4.79 Å². The van der Waals surface area contributed by atoms with Crippen LogP contribution in [0.1, 0.15) is 25.8 Å². The monoisotopic (exact) mass is 306 g/mol. The van der Waals surface area contributed by atoms with Crippen LogP contribution >= 0.6 is 0 Å². The summed E-state index contributed by atoms with van der Waals surface area (Å²) in [5, 5.41) is 3.42. The van der Waals surface area contributed by atoms with Gasteiger partial charge >= 0.3 is 0 Å². The highest BCUT2D eigenvalue weighted by Gasteiger charge is 2.24. The van der Waals surface area contributed by atoms with E-state index in [1.807, 2.05) is 30.0 Å². The minimum atomic E-state index is 0.145. The first-order valence-corrected chi connectivity index (χ1v) is 7.81. The van der Waals surface area contributed by atoms with Crippen molar-refractivity contribution in [3.8, 4) is 11.5 Å². The summed E-state index contributed by atoms with van der Waals surface area (Å²) in [5.41, 5.74) is 1.11. The van der Waals surface area contributed by atoms with Crippen molar-refractivity contribution in [3.05, 3.63) is 23.8 Å². The van der Waals surface area contributed by atoms with Gasteiger partial charge in [0.05, 0.1) is 20.1 Å². The predicted octanol–water partition coefficient (Wildman–Crippen LogP) is 1.98. The van der Waals surface area contributed by atoms with Crippen molar-refractivity contribution in [2.45, 2.75) is 39.3 Å². The molecule has 1 aliphatic rings. The summed E-state index contributed by atoms with van der Waals surface area (Å²) in [6.07, 6.45) is 0.385. The zero-order valence-corrected chi connectivity index (χ0v) is 13.9. The zero-order valence-electron chi connectivity index (χ0n) is 13.9. The summed E-state index contributed by atoms with van der Waals surface area (Å²) in [4.78, 5) is 14.2. The highest BCUT2D eigenvalue weighted by atomic mass is 16.5. The van der Waals surface area contributed by atoms with Crippen molar-refractivity contribution >= 4 is 5.91 Å². The molecule has 22 heavy (non-hydrogen) atoms. The molecule has 0 aromatic heterocycles. The molecule has 0 saturated carbocycles. The van der Waals surface area contributed by atoms with E-state index >= 15 is 0 Å². The molecule has 5 nitrogen and oxygen atoms in total. The average molecular weight is 306 g/mol. The Morgan fingerprint density at radius 3 is 2.59 bits per heavy atom. The molecular weight excluding hydrogens is 280 g/mol. The maximum Gasteiger partial charge on any atom is 0.226 e. The van der Waals surface area contributed by atoms with E-state index in [4.69, 9.17) is 9.47 Å². The highest BCUT2D eigenvalue weighted by molar-refractivity contribution is 5.76. The number of carbonyl (C=O) groups is 1. The summed E-state index contributed by atoms with van der Waals surface area (Å²) in [5.74, 6) is 1.53. The van der Waals surface area contributed by atoms with E-state index in [-0.39, 0.29) is 5.91 Å². The lowest BCUT2D eigenvalue weighted by Gasteiger charge is -2.36. The standard InChI is InChI=1S/C17H26N2O3/c1-12-5-6-15(16(9-12)21-4)22-8-7-17(20)19-10-13(2)18-14(3)11-19/h5-6,9,13-14,18H,7-8,10-11H2,1-4H3/t13-,14+. The normalized spacial score (nSPS) is 21.5. The number of carbonyl (C=O) groups excluding carboxylic acids is 1. The molecule has 1 aromatic rings. The summed E-state index contributed by atoms with van der Waals surface area (Å²) in [6, 6.07) is 6.46. The van der Waals surface area contributed by atoms with Gasteiger partial charge in [0.2, 0.25) is 5.91 Å². The molecule has 0 unspecified atom stereocenters. The molecular formula is C17H26N2O3. The van der Waals surface area contributed by atoms with Crippen LogP contribution in [0.25, 0.3) is 0 Å². The summed E-state index contributed by atoms with van der Waals surface area (Å²) in [7, 11) is 1.62. The number of ether oxygens (including phenoxy) is 2. The molecule has 0 radical (unpaired) electrons. The molecule has 0 spiro atoms. The molecule has 1 heterocycles. The molecule has 5 heteroatoms. The Balaban J connectivity index is 1.84. The predicted molar refractivity (Wildman–Crippen MR) is 86.5 cm³/mol. The fourth-order valence-corrected chi connectivity index (χ4v) is 2.83. The van der Waals surface area contributed by atoms with Crippen LogP contribution in [0.2, 0.25) is 0 Å². The Hall–Kier alpha value is -1.75. The Morgan fingerprint density at radius 2 is 1.95 bits per heavy atom. The van der Waals surface area contributed by atoms with E-state index in [2.05, 4.69) is 19.2 Å². The summed E-state index contributed by atoms with van der Waals surface area (Å²) in [6.45, 7) is 8.09. The Morgan fingerprint density at radius 1 is 1.27 bits per heavy atom. The molecule has 1 aliphatic heterocycles. The number of benzene rings is 1. The van der Waals surface area contributed by atoms with Crippen molar-refractivity contribution in [3.63, 3.8) is 0 Å². The fourth-order valence-electron chi connectivity index (χ4n) is 2.83. The molecule has 1 saturated heterocycles. The molecule has 1 amide bonds. The van der Waals surface area contributed by atoms with Crippen LogP contribution in [-0.4, -0.2) is 49.7 Å². The van der Waals surface area contributed by atoms with Crippen molar-refractivity contribution in [1.29, 1.82) is 0 Å². The van der Waals surface area contributed by atoms with Crippen molar-refractivity contribution in [1.82, 2.24) is 10.2 Å². The number of hydrogen-bond donors (Lipinski definition) is 1. The van der Waals surface area contributed by atoms with Crippen molar-refractivity contribution < 1.29 is 14.3 Å². The maximum atomic E-state index is 12.3. The molecule has 2 atom stereocenters. The number of methoxy groups -OCH3 is 1. The number of hydrogen-bond acceptors (Lipinski definition) is 4. The van der Waals surface area contributed by atoms with Gasteiger partial charge in [-0.25, -0.2) is 0 Å².